The maximum Gasteiger partial charge on any atom is 0.0506 e. The molecule has 3 nitrogen and oxygen atoms in total. The lowest BCUT2D eigenvalue weighted by atomic mass is 10.2. The molecular weight excluding hydrogens is 198 g/mol. The van der Waals surface area contributed by atoms with Gasteiger partial charge in [0.05, 0.1) is 5.52 Å². The fraction of sp³-hybridized carbons (Fsp3) is 0.385. The van der Waals surface area contributed by atoms with Crippen LogP contribution in [-0.2, 0) is 6.54 Å². The molecule has 0 unspecified atom stereocenters. The van der Waals surface area contributed by atoms with Crippen LogP contribution in [0.5, 0.6) is 0 Å². The molecular formula is C13H19N3. The Morgan fingerprint density at radius 2 is 2.06 bits per heavy atom. The first-order valence-corrected chi connectivity index (χ1v) is 5.67. The smallest absolute Gasteiger partial charge is 0.0506 e. The minimum absolute atomic E-state index is 0.447. The summed E-state index contributed by atoms with van der Waals surface area (Å²) in [5.41, 5.74) is 9.20. The molecule has 0 fully saturated rings. The van der Waals surface area contributed by atoms with Gasteiger partial charge in [0, 0.05) is 29.4 Å². The van der Waals surface area contributed by atoms with Crippen LogP contribution in [0.2, 0.25) is 0 Å². The number of nitrogens with zero attached hydrogens (tertiary/aromatic N) is 1. The van der Waals surface area contributed by atoms with Gasteiger partial charge in [0.2, 0.25) is 0 Å². The van der Waals surface area contributed by atoms with Crippen molar-refractivity contribution in [3.63, 3.8) is 0 Å². The summed E-state index contributed by atoms with van der Waals surface area (Å²) in [6, 6.07) is 8.76. The monoisotopic (exact) mass is 217 g/mol. The average molecular weight is 217 g/mol. The summed E-state index contributed by atoms with van der Waals surface area (Å²) in [4.78, 5) is 0. The summed E-state index contributed by atoms with van der Waals surface area (Å²) in [5, 5.41) is 4.46. The van der Waals surface area contributed by atoms with E-state index in [-0.39, 0.29) is 0 Å². The van der Waals surface area contributed by atoms with Crippen LogP contribution < -0.4 is 11.1 Å². The molecule has 16 heavy (non-hydrogen) atoms. The number of nitrogen functional groups attached to an aromatic ring is 1. The maximum atomic E-state index is 5.85. The Kier molecular flexibility index (Phi) is 2.88. The fourth-order valence-corrected chi connectivity index (χ4v) is 2.22. The number of nitrogens with one attached hydrogen (secondary N) is 1. The zero-order valence-electron chi connectivity index (χ0n) is 10.1. The van der Waals surface area contributed by atoms with Crippen molar-refractivity contribution in [2.24, 2.45) is 0 Å². The van der Waals surface area contributed by atoms with Crippen molar-refractivity contribution >= 4 is 16.6 Å². The summed E-state index contributed by atoms with van der Waals surface area (Å²) in [6.07, 6.45) is 0. The Morgan fingerprint density at radius 1 is 1.31 bits per heavy atom. The molecule has 0 amide bonds. The number of fused-ring (bicyclic) bond motifs is 1. The molecule has 0 radical (unpaired) electrons. The molecule has 0 saturated carbocycles. The third-order valence-electron chi connectivity index (χ3n) is 2.82. The number of anilines is 1. The van der Waals surface area contributed by atoms with Gasteiger partial charge < -0.3 is 15.6 Å². The standard InChI is InChI=1S/C13H19N3/c1-9(2)16-12(8-15-3)6-10-4-5-11(14)7-13(10)16/h4-7,9,15H,8,14H2,1-3H3. The summed E-state index contributed by atoms with van der Waals surface area (Å²) in [7, 11) is 1.97. The summed E-state index contributed by atoms with van der Waals surface area (Å²) < 4.78 is 2.34. The number of benzene rings is 1. The Bertz CT molecular complexity index is 497. The molecule has 0 aliphatic carbocycles. The van der Waals surface area contributed by atoms with E-state index in [0.717, 1.165) is 12.2 Å². The molecule has 0 bridgehead atoms. The minimum Gasteiger partial charge on any atom is -0.399 e. The van der Waals surface area contributed by atoms with E-state index >= 15 is 0 Å². The molecule has 2 aromatic rings. The normalized spacial score (nSPS) is 11.5. The predicted molar refractivity (Wildman–Crippen MR) is 69.5 cm³/mol. The van der Waals surface area contributed by atoms with Crippen LogP contribution in [0.15, 0.2) is 24.3 Å². The van der Waals surface area contributed by atoms with Gasteiger partial charge in [0.15, 0.2) is 0 Å². The number of hydrogen-bond acceptors (Lipinski definition) is 2. The molecule has 0 saturated heterocycles. The second-order valence-corrected chi connectivity index (χ2v) is 4.45. The lowest BCUT2D eigenvalue weighted by Crippen LogP contribution is -2.12. The lowest BCUT2D eigenvalue weighted by molar-refractivity contribution is 0.581. The topological polar surface area (TPSA) is 43.0 Å². The summed E-state index contributed by atoms with van der Waals surface area (Å²) in [6.45, 7) is 5.27. The molecule has 2 rings (SSSR count). The van der Waals surface area contributed by atoms with Gasteiger partial charge in [-0.05, 0) is 39.1 Å². The second-order valence-electron chi connectivity index (χ2n) is 4.45. The van der Waals surface area contributed by atoms with Crippen molar-refractivity contribution in [1.29, 1.82) is 0 Å². The van der Waals surface area contributed by atoms with Gasteiger partial charge in [0.25, 0.3) is 0 Å². The van der Waals surface area contributed by atoms with Crippen LogP contribution in [0.1, 0.15) is 25.6 Å². The van der Waals surface area contributed by atoms with E-state index in [4.69, 9.17) is 5.73 Å². The predicted octanol–water partition coefficient (Wildman–Crippen LogP) is 2.52. The Morgan fingerprint density at radius 3 is 2.69 bits per heavy atom. The van der Waals surface area contributed by atoms with Gasteiger partial charge >= 0.3 is 0 Å². The van der Waals surface area contributed by atoms with Crippen molar-refractivity contribution in [1.82, 2.24) is 9.88 Å². The van der Waals surface area contributed by atoms with Crippen molar-refractivity contribution < 1.29 is 0 Å². The first-order valence-electron chi connectivity index (χ1n) is 5.67. The van der Waals surface area contributed by atoms with E-state index in [1.807, 2.05) is 13.1 Å². The molecule has 0 aliphatic heterocycles. The highest BCUT2D eigenvalue weighted by Gasteiger charge is 2.10. The van der Waals surface area contributed by atoms with Crippen LogP contribution in [0, 0.1) is 0 Å². The van der Waals surface area contributed by atoms with Crippen LogP contribution in [-0.4, -0.2) is 11.6 Å². The van der Waals surface area contributed by atoms with Crippen molar-refractivity contribution in [3.8, 4) is 0 Å². The zero-order chi connectivity index (χ0) is 11.7. The molecule has 0 atom stereocenters. The summed E-state index contributed by atoms with van der Waals surface area (Å²) >= 11 is 0. The van der Waals surface area contributed by atoms with Crippen molar-refractivity contribution in [2.75, 3.05) is 12.8 Å². The fourth-order valence-electron chi connectivity index (χ4n) is 2.22. The van der Waals surface area contributed by atoms with Crippen LogP contribution in [0.4, 0.5) is 5.69 Å². The molecule has 3 N–H and O–H groups in total. The van der Waals surface area contributed by atoms with E-state index in [9.17, 15) is 0 Å². The number of rotatable bonds is 3. The van der Waals surface area contributed by atoms with Gasteiger partial charge in [-0.3, -0.25) is 0 Å². The zero-order valence-corrected chi connectivity index (χ0v) is 10.1. The van der Waals surface area contributed by atoms with Crippen molar-refractivity contribution in [3.05, 3.63) is 30.0 Å². The second kappa shape index (κ2) is 4.18. The first-order chi connectivity index (χ1) is 7.63. The lowest BCUT2D eigenvalue weighted by Gasteiger charge is -2.14. The minimum atomic E-state index is 0.447. The van der Waals surface area contributed by atoms with Crippen LogP contribution in [0.25, 0.3) is 10.9 Å². The van der Waals surface area contributed by atoms with Crippen LogP contribution >= 0.6 is 0 Å². The highest BCUT2D eigenvalue weighted by atomic mass is 15.0. The highest BCUT2D eigenvalue weighted by Crippen LogP contribution is 2.25. The Balaban J connectivity index is 2.67. The van der Waals surface area contributed by atoms with E-state index in [0.29, 0.717) is 6.04 Å². The van der Waals surface area contributed by atoms with Gasteiger partial charge in [-0.1, -0.05) is 6.07 Å². The maximum absolute atomic E-state index is 5.85. The average Bonchev–Trinajstić information content (AvgIpc) is 2.55. The van der Waals surface area contributed by atoms with Gasteiger partial charge in [-0.25, -0.2) is 0 Å². The number of nitrogens with two attached hydrogens (primary N) is 1. The highest BCUT2D eigenvalue weighted by molar-refractivity contribution is 5.84. The molecule has 0 aliphatic rings. The molecule has 86 valence electrons. The third kappa shape index (κ3) is 1.78. The van der Waals surface area contributed by atoms with Crippen molar-refractivity contribution in [2.45, 2.75) is 26.4 Å². The number of aromatic nitrogens is 1. The number of hydrogen-bond donors (Lipinski definition) is 2. The third-order valence-corrected chi connectivity index (χ3v) is 2.82. The SMILES string of the molecule is CNCc1cc2ccc(N)cc2n1C(C)C. The van der Waals surface area contributed by atoms with Gasteiger partial charge in [0.1, 0.15) is 0 Å². The van der Waals surface area contributed by atoms with E-state index in [1.54, 1.807) is 0 Å². The van der Waals surface area contributed by atoms with E-state index in [1.165, 1.54) is 16.6 Å². The molecule has 1 aromatic carbocycles. The summed E-state index contributed by atoms with van der Waals surface area (Å²) in [5.74, 6) is 0. The Hall–Kier alpha value is -1.48. The van der Waals surface area contributed by atoms with E-state index in [2.05, 4.69) is 41.9 Å². The molecule has 1 aromatic heterocycles. The van der Waals surface area contributed by atoms with E-state index < -0.39 is 0 Å². The quantitative estimate of drug-likeness (QED) is 0.776. The Labute approximate surface area is 96.2 Å². The molecule has 3 heteroatoms. The molecule has 1 heterocycles. The van der Waals surface area contributed by atoms with Gasteiger partial charge in [-0.15, -0.1) is 0 Å². The van der Waals surface area contributed by atoms with Crippen LogP contribution in [0.3, 0.4) is 0 Å². The molecule has 0 spiro atoms. The largest absolute Gasteiger partial charge is 0.399 e. The first kappa shape index (κ1) is 11.0. The van der Waals surface area contributed by atoms with Gasteiger partial charge in [-0.2, -0.15) is 0 Å².